The lowest BCUT2D eigenvalue weighted by atomic mass is 9.81. The van der Waals surface area contributed by atoms with Crippen molar-refractivity contribution in [2.45, 2.75) is 51.0 Å². The molecular formula is C14H19NO4. The van der Waals surface area contributed by atoms with Gasteiger partial charge < -0.3 is 5.11 Å². The number of rotatable bonds is 2. The first-order valence-electron chi connectivity index (χ1n) is 7.21. The van der Waals surface area contributed by atoms with E-state index in [0.29, 0.717) is 12.8 Å². The molecule has 3 rings (SSSR count). The molecule has 4 atom stereocenters. The fraction of sp³-hybridized carbons (Fsp3) is 0.786. The van der Waals surface area contributed by atoms with Crippen LogP contribution in [0.3, 0.4) is 0 Å². The van der Waals surface area contributed by atoms with Crippen LogP contribution in [0.5, 0.6) is 0 Å². The zero-order valence-electron chi connectivity index (χ0n) is 10.9. The first-order valence-corrected chi connectivity index (χ1v) is 7.21. The summed E-state index contributed by atoms with van der Waals surface area (Å²) in [6, 6.07) is -0.400. The lowest BCUT2D eigenvalue weighted by Crippen LogP contribution is -2.44. The Labute approximate surface area is 112 Å². The summed E-state index contributed by atoms with van der Waals surface area (Å²) < 4.78 is 0. The molecule has 3 fully saturated rings. The molecule has 0 aromatic rings. The molecule has 1 heterocycles. The highest BCUT2D eigenvalue weighted by Crippen LogP contribution is 2.42. The van der Waals surface area contributed by atoms with Gasteiger partial charge in [0.05, 0.1) is 23.8 Å². The van der Waals surface area contributed by atoms with Crippen LogP contribution < -0.4 is 0 Å². The first kappa shape index (κ1) is 12.6. The van der Waals surface area contributed by atoms with Crippen LogP contribution in [0, 0.1) is 17.8 Å². The van der Waals surface area contributed by atoms with Crippen LogP contribution in [0.1, 0.15) is 44.9 Å². The minimum atomic E-state index is -0.877. The number of hydrogen-bond acceptors (Lipinski definition) is 3. The molecule has 2 saturated carbocycles. The Morgan fingerprint density at radius 3 is 2.05 bits per heavy atom. The highest BCUT2D eigenvalue weighted by molar-refractivity contribution is 6.05. The van der Waals surface area contributed by atoms with Gasteiger partial charge in [-0.05, 0) is 25.7 Å². The van der Waals surface area contributed by atoms with E-state index in [-0.39, 0.29) is 23.7 Å². The summed E-state index contributed by atoms with van der Waals surface area (Å²) in [5.41, 5.74) is 0. The maximum absolute atomic E-state index is 12.4. The molecule has 2 aliphatic carbocycles. The normalized spacial score (nSPS) is 38.6. The van der Waals surface area contributed by atoms with Crippen LogP contribution in [-0.4, -0.2) is 33.8 Å². The molecule has 0 bridgehead atoms. The lowest BCUT2D eigenvalue weighted by molar-refractivity contribution is -0.148. The molecule has 0 aromatic heterocycles. The highest BCUT2D eigenvalue weighted by Gasteiger charge is 2.53. The Hall–Kier alpha value is -1.39. The largest absolute Gasteiger partial charge is 0.481 e. The number of carbonyl (C=O) groups is 3. The maximum Gasteiger partial charge on any atom is 0.308 e. The van der Waals surface area contributed by atoms with Crippen LogP contribution in [0.25, 0.3) is 0 Å². The average molecular weight is 265 g/mol. The highest BCUT2D eigenvalue weighted by atomic mass is 16.4. The van der Waals surface area contributed by atoms with Crippen molar-refractivity contribution in [1.82, 2.24) is 4.90 Å². The van der Waals surface area contributed by atoms with E-state index < -0.39 is 17.9 Å². The zero-order chi connectivity index (χ0) is 13.6. The molecule has 5 nitrogen and oxygen atoms in total. The SMILES string of the molecule is O=C(O)C1CCCC1N1C(=O)C2CCCCC2C1=O. The number of aliphatic carboxylic acids is 1. The summed E-state index contributed by atoms with van der Waals surface area (Å²) in [5, 5.41) is 9.23. The fourth-order valence-corrected chi connectivity index (χ4v) is 4.05. The van der Waals surface area contributed by atoms with E-state index in [9.17, 15) is 19.5 Å². The summed E-state index contributed by atoms with van der Waals surface area (Å²) in [6.07, 6.45) is 5.59. The molecule has 19 heavy (non-hydrogen) atoms. The van der Waals surface area contributed by atoms with Crippen molar-refractivity contribution >= 4 is 17.8 Å². The van der Waals surface area contributed by atoms with Gasteiger partial charge in [-0.1, -0.05) is 19.3 Å². The van der Waals surface area contributed by atoms with Crippen LogP contribution in [-0.2, 0) is 14.4 Å². The Morgan fingerprint density at radius 2 is 1.53 bits per heavy atom. The van der Waals surface area contributed by atoms with Gasteiger partial charge in [0, 0.05) is 0 Å². The zero-order valence-corrected chi connectivity index (χ0v) is 10.9. The third kappa shape index (κ3) is 1.86. The molecule has 3 aliphatic rings. The number of hydrogen-bond donors (Lipinski definition) is 1. The van der Waals surface area contributed by atoms with Crippen molar-refractivity contribution in [2.75, 3.05) is 0 Å². The molecule has 1 aliphatic heterocycles. The van der Waals surface area contributed by atoms with Gasteiger partial charge in [0.2, 0.25) is 11.8 Å². The minimum Gasteiger partial charge on any atom is -0.481 e. The number of carbonyl (C=O) groups excluding carboxylic acids is 2. The molecule has 5 heteroatoms. The van der Waals surface area contributed by atoms with Gasteiger partial charge >= 0.3 is 5.97 Å². The smallest absolute Gasteiger partial charge is 0.308 e. The van der Waals surface area contributed by atoms with Crippen molar-refractivity contribution in [3.05, 3.63) is 0 Å². The predicted octanol–water partition coefficient (Wildman–Crippen LogP) is 1.41. The average Bonchev–Trinajstić information content (AvgIpc) is 2.95. The Balaban J connectivity index is 1.86. The van der Waals surface area contributed by atoms with Gasteiger partial charge in [-0.2, -0.15) is 0 Å². The Kier molecular flexibility index (Phi) is 3.07. The van der Waals surface area contributed by atoms with E-state index in [4.69, 9.17) is 0 Å². The summed E-state index contributed by atoms with van der Waals surface area (Å²) in [5.74, 6) is -1.99. The second-order valence-electron chi connectivity index (χ2n) is 5.99. The van der Waals surface area contributed by atoms with Gasteiger partial charge in [0.25, 0.3) is 0 Å². The van der Waals surface area contributed by atoms with Crippen molar-refractivity contribution in [2.24, 2.45) is 17.8 Å². The van der Waals surface area contributed by atoms with Crippen molar-refractivity contribution < 1.29 is 19.5 Å². The summed E-state index contributed by atoms with van der Waals surface area (Å²) >= 11 is 0. The summed E-state index contributed by atoms with van der Waals surface area (Å²) in [7, 11) is 0. The molecule has 104 valence electrons. The number of carboxylic acids is 1. The third-order valence-corrected chi connectivity index (χ3v) is 5.00. The van der Waals surface area contributed by atoms with Crippen LogP contribution >= 0.6 is 0 Å². The van der Waals surface area contributed by atoms with E-state index in [1.165, 1.54) is 4.90 Å². The third-order valence-electron chi connectivity index (χ3n) is 5.00. The van der Waals surface area contributed by atoms with E-state index >= 15 is 0 Å². The summed E-state index contributed by atoms with van der Waals surface area (Å²) in [6.45, 7) is 0. The lowest BCUT2D eigenvalue weighted by Gasteiger charge is -2.26. The number of fused-ring (bicyclic) bond motifs is 1. The molecule has 0 radical (unpaired) electrons. The van der Waals surface area contributed by atoms with E-state index in [1.54, 1.807) is 0 Å². The number of carboxylic acid groups (broad SMARTS) is 1. The second-order valence-corrected chi connectivity index (χ2v) is 5.99. The van der Waals surface area contributed by atoms with Crippen LogP contribution in [0.2, 0.25) is 0 Å². The molecule has 1 saturated heterocycles. The molecule has 0 spiro atoms. The Bertz CT molecular complexity index is 409. The topological polar surface area (TPSA) is 74.7 Å². The van der Waals surface area contributed by atoms with Crippen molar-refractivity contribution in [3.63, 3.8) is 0 Å². The minimum absolute atomic E-state index is 0.104. The van der Waals surface area contributed by atoms with Gasteiger partial charge in [0.1, 0.15) is 0 Å². The van der Waals surface area contributed by atoms with Gasteiger partial charge in [-0.3, -0.25) is 19.3 Å². The molecule has 2 amide bonds. The molecular weight excluding hydrogens is 246 g/mol. The maximum atomic E-state index is 12.4. The fourth-order valence-electron chi connectivity index (χ4n) is 4.05. The number of nitrogens with zero attached hydrogens (tertiary/aromatic N) is 1. The number of amides is 2. The van der Waals surface area contributed by atoms with Gasteiger partial charge in [-0.25, -0.2) is 0 Å². The van der Waals surface area contributed by atoms with Gasteiger partial charge in [0.15, 0.2) is 0 Å². The second kappa shape index (κ2) is 4.62. The van der Waals surface area contributed by atoms with Gasteiger partial charge in [-0.15, -0.1) is 0 Å². The first-order chi connectivity index (χ1) is 9.11. The molecule has 4 unspecified atom stereocenters. The predicted molar refractivity (Wildman–Crippen MR) is 66.1 cm³/mol. The summed E-state index contributed by atoms with van der Waals surface area (Å²) in [4.78, 5) is 37.4. The van der Waals surface area contributed by atoms with Crippen LogP contribution in [0.15, 0.2) is 0 Å². The quantitative estimate of drug-likeness (QED) is 0.766. The van der Waals surface area contributed by atoms with Crippen molar-refractivity contribution in [3.8, 4) is 0 Å². The monoisotopic (exact) mass is 265 g/mol. The van der Waals surface area contributed by atoms with E-state index in [2.05, 4.69) is 0 Å². The molecule has 1 N–H and O–H groups in total. The number of likely N-dealkylation sites (tertiary alicyclic amines) is 1. The number of imide groups is 1. The van der Waals surface area contributed by atoms with Crippen LogP contribution in [0.4, 0.5) is 0 Å². The Morgan fingerprint density at radius 1 is 0.947 bits per heavy atom. The molecule has 0 aromatic carbocycles. The van der Waals surface area contributed by atoms with E-state index in [1.807, 2.05) is 0 Å². The van der Waals surface area contributed by atoms with Crippen molar-refractivity contribution in [1.29, 1.82) is 0 Å². The standard InChI is InChI=1S/C14H19NO4/c16-12-8-4-1-2-5-9(8)13(17)15(12)11-7-3-6-10(11)14(18)19/h8-11H,1-7H2,(H,18,19). The van der Waals surface area contributed by atoms with E-state index in [0.717, 1.165) is 32.1 Å².